The normalized spacial score (nSPS) is 12.1. The van der Waals surface area contributed by atoms with Crippen molar-refractivity contribution in [3.63, 3.8) is 0 Å². The Hall–Kier alpha value is -1.06. The van der Waals surface area contributed by atoms with E-state index in [1.54, 1.807) is 0 Å². The molecule has 0 rings (SSSR count). The van der Waals surface area contributed by atoms with E-state index >= 15 is 0 Å². The van der Waals surface area contributed by atoms with Gasteiger partial charge in [-0.05, 0) is 38.5 Å². The molecular weight excluding hydrogens is 424 g/mol. The van der Waals surface area contributed by atoms with Crippen LogP contribution >= 0.6 is 0 Å². The summed E-state index contributed by atoms with van der Waals surface area (Å²) in [5.74, 6) is -0.692. The highest BCUT2D eigenvalue weighted by Crippen LogP contribution is 2.18. The van der Waals surface area contributed by atoms with Crippen LogP contribution in [0.2, 0.25) is 0 Å². The van der Waals surface area contributed by atoms with Crippen LogP contribution in [0.15, 0.2) is 0 Å². The summed E-state index contributed by atoms with van der Waals surface area (Å²) in [6.45, 7) is 4.48. The number of aliphatic carboxylic acids is 1. The van der Waals surface area contributed by atoms with Crippen molar-refractivity contribution in [1.82, 2.24) is 0 Å². The number of carboxylic acids is 1. The van der Waals surface area contributed by atoms with Crippen molar-refractivity contribution in [3.8, 4) is 0 Å². The van der Waals surface area contributed by atoms with Gasteiger partial charge in [0.05, 0.1) is 0 Å². The van der Waals surface area contributed by atoms with E-state index in [0.717, 1.165) is 70.6 Å². The van der Waals surface area contributed by atoms with Gasteiger partial charge in [0, 0.05) is 12.8 Å². The Bertz CT molecular complexity index is 449. The maximum Gasteiger partial charge on any atom is 0.306 e. The summed E-state index contributed by atoms with van der Waals surface area (Å²) in [7, 11) is 0. The second kappa shape index (κ2) is 26.5. The van der Waals surface area contributed by atoms with Gasteiger partial charge in [0.2, 0.25) is 0 Å². The quantitative estimate of drug-likeness (QED) is 0.0934. The van der Waals surface area contributed by atoms with Crippen molar-refractivity contribution in [3.05, 3.63) is 0 Å². The summed E-state index contributed by atoms with van der Waals surface area (Å²) in [5, 5.41) is 8.68. The Kier molecular flexibility index (Phi) is 25.7. The average molecular weight is 483 g/mol. The van der Waals surface area contributed by atoms with Crippen molar-refractivity contribution in [2.24, 2.45) is 0 Å². The third-order valence-electron chi connectivity index (χ3n) is 6.83. The highest BCUT2D eigenvalue weighted by atomic mass is 16.5. The second-order valence-corrected chi connectivity index (χ2v) is 10.3. The van der Waals surface area contributed by atoms with E-state index < -0.39 is 5.97 Å². The van der Waals surface area contributed by atoms with E-state index in [9.17, 15) is 9.59 Å². The van der Waals surface area contributed by atoms with Crippen LogP contribution in [0.1, 0.15) is 174 Å². The van der Waals surface area contributed by atoms with Crippen LogP contribution < -0.4 is 0 Å². The van der Waals surface area contributed by atoms with Crippen molar-refractivity contribution >= 4 is 11.9 Å². The molecule has 1 N–H and O–H groups in total. The smallest absolute Gasteiger partial charge is 0.306 e. The van der Waals surface area contributed by atoms with Gasteiger partial charge in [0.1, 0.15) is 6.10 Å². The number of carboxylic acid groups (broad SMARTS) is 1. The molecule has 0 aliphatic rings. The predicted octanol–water partition coefficient (Wildman–Crippen LogP) is 9.78. The monoisotopic (exact) mass is 482 g/mol. The minimum atomic E-state index is -0.694. The standard InChI is InChI=1S/C30H58O4/c1-3-5-7-8-9-10-11-12-13-14-19-23-27-30(33)34-28(24-20-6-4-2)25-21-17-15-16-18-22-26-29(31)32/h28H,3-27H2,1-2H3,(H,31,32). The van der Waals surface area contributed by atoms with Crippen molar-refractivity contribution in [1.29, 1.82) is 0 Å². The molecule has 34 heavy (non-hydrogen) atoms. The lowest BCUT2D eigenvalue weighted by Crippen LogP contribution is -2.18. The summed E-state index contributed by atoms with van der Waals surface area (Å²) in [5.41, 5.74) is 0. The number of carbonyl (C=O) groups is 2. The van der Waals surface area contributed by atoms with Crippen molar-refractivity contribution in [2.75, 3.05) is 0 Å². The van der Waals surface area contributed by atoms with Crippen LogP contribution in [0, 0.1) is 0 Å². The van der Waals surface area contributed by atoms with Gasteiger partial charge in [-0.1, -0.05) is 123 Å². The van der Waals surface area contributed by atoms with Crippen LogP contribution in [0.25, 0.3) is 0 Å². The fourth-order valence-corrected chi connectivity index (χ4v) is 4.59. The lowest BCUT2D eigenvalue weighted by Gasteiger charge is -2.18. The SMILES string of the molecule is CCCCCCCCCCCCCCC(=O)OC(CCCCC)CCCCCCCCC(=O)O. The molecule has 1 unspecified atom stereocenters. The molecule has 0 aromatic carbocycles. The van der Waals surface area contributed by atoms with E-state index in [-0.39, 0.29) is 18.5 Å². The zero-order valence-electron chi connectivity index (χ0n) is 22.9. The van der Waals surface area contributed by atoms with E-state index in [1.165, 1.54) is 77.0 Å². The number of hydrogen-bond acceptors (Lipinski definition) is 3. The maximum absolute atomic E-state index is 12.4. The third-order valence-corrected chi connectivity index (χ3v) is 6.83. The number of unbranched alkanes of at least 4 members (excludes halogenated alkanes) is 18. The molecule has 0 bridgehead atoms. The highest BCUT2D eigenvalue weighted by Gasteiger charge is 2.14. The second-order valence-electron chi connectivity index (χ2n) is 10.3. The van der Waals surface area contributed by atoms with Crippen molar-refractivity contribution < 1.29 is 19.4 Å². The molecule has 0 aromatic heterocycles. The van der Waals surface area contributed by atoms with E-state index in [1.807, 2.05) is 0 Å². The first-order chi connectivity index (χ1) is 16.6. The van der Waals surface area contributed by atoms with Gasteiger partial charge in [-0.15, -0.1) is 0 Å². The molecule has 0 aliphatic carbocycles. The lowest BCUT2D eigenvalue weighted by molar-refractivity contribution is -0.150. The molecule has 0 aliphatic heterocycles. The molecule has 1 atom stereocenters. The van der Waals surface area contributed by atoms with E-state index in [0.29, 0.717) is 6.42 Å². The first-order valence-corrected chi connectivity index (χ1v) is 15.0. The number of esters is 1. The summed E-state index contributed by atoms with van der Waals surface area (Å²) < 4.78 is 5.86. The number of rotatable bonds is 27. The van der Waals surface area contributed by atoms with Gasteiger partial charge < -0.3 is 9.84 Å². The molecule has 0 heterocycles. The Labute approximate surface area is 212 Å². The molecule has 0 saturated carbocycles. The average Bonchev–Trinajstić information content (AvgIpc) is 2.81. The Morgan fingerprint density at radius 3 is 1.35 bits per heavy atom. The van der Waals surface area contributed by atoms with Gasteiger partial charge in [0.15, 0.2) is 0 Å². The predicted molar refractivity (Wildman–Crippen MR) is 144 cm³/mol. The zero-order chi connectivity index (χ0) is 25.1. The molecule has 4 heteroatoms. The van der Waals surface area contributed by atoms with E-state index in [4.69, 9.17) is 9.84 Å². The fraction of sp³-hybridized carbons (Fsp3) is 0.933. The summed E-state index contributed by atoms with van der Waals surface area (Å²) in [6.07, 6.45) is 28.4. The third kappa shape index (κ3) is 25.6. The Balaban J connectivity index is 3.77. The van der Waals surface area contributed by atoms with Crippen LogP contribution in [0.4, 0.5) is 0 Å². The zero-order valence-corrected chi connectivity index (χ0v) is 22.9. The molecule has 0 fully saturated rings. The summed E-state index contributed by atoms with van der Waals surface area (Å²) >= 11 is 0. The van der Waals surface area contributed by atoms with Crippen molar-refractivity contribution in [2.45, 2.75) is 180 Å². The summed E-state index contributed by atoms with van der Waals surface area (Å²) in [6, 6.07) is 0. The molecule has 0 spiro atoms. The van der Waals surface area contributed by atoms with E-state index in [2.05, 4.69) is 13.8 Å². The van der Waals surface area contributed by atoms with Crippen LogP contribution in [0.5, 0.6) is 0 Å². The van der Waals surface area contributed by atoms with Gasteiger partial charge >= 0.3 is 11.9 Å². The minimum absolute atomic E-state index is 0.00208. The largest absolute Gasteiger partial charge is 0.481 e. The van der Waals surface area contributed by atoms with Gasteiger partial charge in [0.25, 0.3) is 0 Å². The molecule has 202 valence electrons. The first kappa shape index (κ1) is 32.9. The Morgan fingerprint density at radius 2 is 0.882 bits per heavy atom. The van der Waals surface area contributed by atoms with Crippen LogP contribution in [0.3, 0.4) is 0 Å². The summed E-state index contributed by atoms with van der Waals surface area (Å²) in [4.78, 5) is 22.9. The molecule has 0 saturated heterocycles. The van der Waals surface area contributed by atoms with Gasteiger partial charge in [-0.2, -0.15) is 0 Å². The first-order valence-electron chi connectivity index (χ1n) is 15.0. The fourth-order valence-electron chi connectivity index (χ4n) is 4.59. The lowest BCUT2D eigenvalue weighted by atomic mass is 10.0. The molecule has 0 radical (unpaired) electrons. The Morgan fingerprint density at radius 1 is 0.529 bits per heavy atom. The molecule has 4 nitrogen and oxygen atoms in total. The minimum Gasteiger partial charge on any atom is -0.481 e. The number of ether oxygens (including phenoxy) is 1. The highest BCUT2D eigenvalue weighted by molar-refractivity contribution is 5.69. The number of hydrogen-bond donors (Lipinski definition) is 1. The topological polar surface area (TPSA) is 63.6 Å². The van der Waals surface area contributed by atoms with Crippen LogP contribution in [-0.2, 0) is 14.3 Å². The van der Waals surface area contributed by atoms with Crippen LogP contribution in [-0.4, -0.2) is 23.1 Å². The molecule has 0 amide bonds. The number of carbonyl (C=O) groups excluding carboxylic acids is 1. The van der Waals surface area contributed by atoms with Gasteiger partial charge in [-0.25, -0.2) is 0 Å². The van der Waals surface area contributed by atoms with Gasteiger partial charge in [-0.3, -0.25) is 9.59 Å². The maximum atomic E-state index is 12.4. The molecular formula is C30H58O4. The molecule has 0 aromatic rings.